The lowest BCUT2D eigenvalue weighted by molar-refractivity contribution is -0.139. The number of nitrogens with one attached hydrogen (secondary N) is 1. The van der Waals surface area contributed by atoms with Crippen LogP contribution in [0.1, 0.15) is 38.2 Å². The van der Waals surface area contributed by atoms with Crippen LogP contribution in [-0.4, -0.2) is 64.2 Å². The second-order valence-corrected chi connectivity index (χ2v) is 11.9. The largest absolute Gasteiger partial charge is 0.497 e. The standard InChI is InChI=1S/C26H33Cl2N3O6S/c1-17(26(33)29-18-8-5-6-9-18)30(15-20-21(27)10-7-11-22(20)28)25(32)16-31(38(4,34)35)23-13-12-19(36-2)14-24(23)37-3/h7,10-14,17-18H,5-6,8-9,15-16H2,1-4H3,(H,29,33)/t17-/m1/s1. The van der Waals surface area contributed by atoms with E-state index in [9.17, 15) is 18.0 Å². The fourth-order valence-corrected chi connectivity index (χ4v) is 5.78. The van der Waals surface area contributed by atoms with E-state index >= 15 is 0 Å². The number of ether oxygens (including phenoxy) is 2. The highest BCUT2D eigenvalue weighted by Gasteiger charge is 2.33. The minimum Gasteiger partial charge on any atom is -0.497 e. The Morgan fingerprint density at radius 3 is 2.26 bits per heavy atom. The van der Waals surface area contributed by atoms with Gasteiger partial charge in [-0.3, -0.25) is 13.9 Å². The third-order valence-electron chi connectivity index (χ3n) is 6.59. The first kappa shape index (κ1) is 29.9. The molecule has 1 aliphatic carbocycles. The van der Waals surface area contributed by atoms with E-state index in [1.807, 2.05) is 0 Å². The van der Waals surface area contributed by atoms with Gasteiger partial charge in [-0.25, -0.2) is 8.42 Å². The van der Waals surface area contributed by atoms with Crippen molar-refractivity contribution in [1.82, 2.24) is 10.2 Å². The number of amides is 2. The third-order valence-corrected chi connectivity index (χ3v) is 8.43. The van der Waals surface area contributed by atoms with Gasteiger partial charge in [0.15, 0.2) is 0 Å². The lowest BCUT2D eigenvalue weighted by atomic mass is 10.1. The maximum atomic E-state index is 13.8. The molecule has 208 valence electrons. The van der Waals surface area contributed by atoms with Crippen LogP contribution in [0.4, 0.5) is 5.69 Å². The number of anilines is 1. The molecule has 2 aromatic carbocycles. The second kappa shape index (κ2) is 12.9. The number of methoxy groups -OCH3 is 2. The molecule has 9 nitrogen and oxygen atoms in total. The lowest BCUT2D eigenvalue weighted by Gasteiger charge is -2.32. The van der Waals surface area contributed by atoms with Gasteiger partial charge >= 0.3 is 0 Å². The predicted molar refractivity (Wildman–Crippen MR) is 149 cm³/mol. The molecule has 2 amide bonds. The van der Waals surface area contributed by atoms with Crippen molar-refractivity contribution in [3.05, 3.63) is 52.0 Å². The van der Waals surface area contributed by atoms with Crippen molar-refractivity contribution in [1.29, 1.82) is 0 Å². The lowest BCUT2D eigenvalue weighted by Crippen LogP contribution is -2.52. The molecule has 1 aliphatic rings. The van der Waals surface area contributed by atoms with Crippen molar-refractivity contribution in [2.45, 2.75) is 51.2 Å². The second-order valence-electron chi connectivity index (χ2n) is 9.20. The number of sulfonamides is 1. The molecule has 12 heteroatoms. The van der Waals surface area contributed by atoms with Crippen molar-refractivity contribution in [2.24, 2.45) is 0 Å². The van der Waals surface area contributed by atoms with E-state index in [0.717, 1.165) is 36.2 Å². The van der Waals surface area contributed by atoms with Crippen LogP contribution in [0.25, 0.3) is 0 Å². The molecule has 0 radical (unpaired) electrons. The summed E-state index contributed by atoms with van der Waals surface area (Å²) >= 11 is 12.8. The quantitative estimate of drug-likeness (QED) is 0.422. The van der Waals surface area contributed by atoms with E-state index in [4.69, 9.17) is 32.7 Å². The summed E-state index contributed by atoms with van der Waals surface area (Å²) in [5, 5.41) is 3.67. The minimum atomic E-state index is -3.94. The molecule has 1 atom stereocenters. The Hall–Kier alpha value is -2.69. The molecule has 2 aromatic rings. The molecule has 0 heterocycles. The van der Waals surface area contributed by atoms with Crippen LogP contribution in [0.2, 0.25) is 10.0 Å². The average Bonchev–Trinajstić information content (AvgIpc) is 3.38. The van der Waals surface area contributed by atoms with Crippen LogP contribution < -0.4 is 19.1 Å². The molecular weight excluding hydrogens is 553 g/mol. The van der Waals surface area contributed by atoms with Gasteiger partial charge in [0.25, 0.3) is 0 Å². The van der Waals surface area contributed by atoms with E-state index in [-0.39, 0.29) is 29.9 Å². The van der Waals surface area contributed by atoms with Gasteiger partial charge in [0.2, 0.25) is 21.8 Å². The number of rotatable bonds is 11. The highest BCUT2D eigenvalue weighted by Crippen LogP contribution is 2.34. The zero-order valence-corrected chi connectivity index (χ0v) is 24.2. The van der Waals surface area contributed by atoms with Crippen LogP contribution in [-0.2, 0) is 26.2 Å². The topological polar surface area (TPSA) is 105 Å². The van der Waals surface area contributed by atoms with Crippen LogP contribution in [0.5, 0.6) is 11.5 Å². The Morgan fingerprint density at radius 2 is 1.71 bits per heavy atom. The zero-order valence-electron chi connectivity index (χ0n) is 21.9. The zero-order chi connectivity index (χ0) is 28.0. The minimum absolute atomic E-state index is 0.0434. The number of hydrogen-bond acceptors (Lipinski definition) is 6. The van der Waals surface area contributed by atoms with Gasteiger partial charge in [-0.2, -0.15) is 0 Å². The summed E-state index contributed by atoms with van der Waals surface area (Å²) in [6.07, 6.45) is 4.81. The molecule has 3 rings (SSSR count). The normalized spacial score (nSPS) is 14.6. The number of carbonyl (C=O) groups is 2. The first-order chi connectivity index (χ1) is 18.0. The molecule has 0 unspecified atom stereocenters. The fraction of sp³-hybridized carbons (Fsp3) is 0.462. The van der Waals surface area contributed by atoms with Crippen LogP contribution in [0.3, 0.4) is 0 Å². The van der Waals surface area contributed by atoms with Crippen LogP contribution >= 0.6 is 23.2 Å². The summed E-state index contributed by atoms with van der Waals surface area (Å²) in [5.74, 6) is -0.285. The Morgan fingerprint density at radius 1 is 1.08 bits per heavy atom. The highest BCUT2D eigenvalue weighted by molar-refractivity contribution is 7.92. The van der Waals surface area contributed by atoms with Gasteiger partial charge < -0.3 is 19.7 Å². The average molecular weight is 587 g/mol. The summed E-state index contributed by atoms with van der Waals surface area (Å²) in [7, 11) is -1.08. The van der Waals surface area contributed by atoms with Gasteiger partial charge in [0.1, 0.15) is 24.1 Å². The SMILES string of the molecule is COc1ccc(N(CC(=O)N(Cc2c(Cl)cccc2Cl)[C@H](C)C(=O)NC2CCCC2)S(C)(=O)=O)c(OC)c1. The number of nitrogens with zero attached hydrogens (tertiary/aromatic N) is 2. The van der Waals surface area contributed by atoms with E-state index in [0.29, 0.717) is 21.4 Å². The molecule has 1 fully saturated rings. The predicted octanol–water partition coefficient (Wildman–Crippen LogP) is 4.25. The Bertz CT molecular complexity index is 1250. The molecule has 0 saturated heterocycles. The van der Waals surface area contributed by atoms with Crippen molar-refractivity contribution in [3.8, 4) is 11.5 Å². The molecule has 0 aliphatic heterocycles. The molecule has 0 bridgehead atoms. The first-order valence-corrected chi connectivity index (χ1v) is 14.8. The molecule has 0 spiro atoms. The molecular formula is C26H33Cl2N3O6S. The van der Waals surface area contributed by atoms with Gasteiger partial charge in [0.05, 0.1) is 26.2 Å². The maximum Gasteiger partial charge on any atom is 0.244 e. The fourth-order valence-electron chi connectivity index (χ4n) is 4.41. The van der Waals surface area contributed by atoms with Crippen molar-refractivity contribution in [2.75, 3.05) is 31.3 Å². The number of hydrogen-bond donors (Lipinski definition) is 1. The third kappa shape index (κ3) is 7.24. The molecule has 38 heavy (non-hydrogen) atoms. The number of halogens is 2. The number of benzene rings is 2. The van der Waals surface area contributed by atoms with E-state index < -0.39 is 28.5 Å². The Balaban J connectivity index is 1.97. The molecule has 1 saturated carbocycles. The first-order valence-electron chi connectivity index (χ1n) is 12.2. The Kier molecular flexibility index (Phi) is 10.1. The summed E-state index contributed by atoms with van der Waals surface area (Å²) in [4.78, 5) is 28.3. The van der Waals surface area contributed by atoms with Gasteiger partial charge in [-0.15, -0.1) is 0 Å². The summed E-state index contributed by atoms with van der Waals surface area (Å²) in [6.45, 7) is 0.935. The van der Waals surface area contributed by atoms with Gasteiger partial charge in [-0.1, -0.05) is 42.1 Å². The van der Waals surface area contributed by atoms with Gasteiger partial charge in [-0.05, 0) is 44.0 Å². The summed E-state index contributed by atoms with van der Waals surface area (Å²) < 4.78 is 37.2. The molecule has 1 N–H and O–H groups in total. The van der Waals surface area contributed by atoms with Gasteiger partial charge in [0, 0.05) is 34.3 Å². The van der Waals surface area contributed by atoms with E-state index in [1.54, 1.807) is 31.2 Å². The highest BCUT2D eigenvalue weighted by atomic mass is 35.5. The van der Waals surface area contributed by atoms with Crippen LogP contribution in [0, 0.1) is 0 Å². The van der Waals surface area contributed by atoms with Crippen LogP contribution in [0.15, 0.2) is 36.4 Å². The Labute approximate surface area is 234 Å². The molecule has 0 aromatic heterocycles. The number of carbonyl (C=O) groups excluding carboxylic acids is 2. The summed E-state index contributed by atoms with van der Waals surface area (Å²) in [6, 6.07) is 8.67. The van der Waals surface area contributed by atoms with Crippen molar-refractivity contribution < 1.29 is 27.5 Å². The van der Waals surface area contributed by atoms with Crippen molar-refractivity contribution in [3.63, 3.8) is 0 Å². The van der Waals surface area contributed by atoms with E-state index in [2.05, 4.69) is 5.32 Å². The summed E-state index contributed by atoms with van der Waals surface area (Å²) in [5.41, 5.74) is 0.612. The monoisotopic (exact) mass is 585 g/mol. The van der Waals surface area contributed by atoms with Crippen molar-refractivity contribution >= 4 is 50.7 Å². The smallest absolute Gasteiger partial charge is 0.244 e. The van der Waals surface area contributed by atoms with E-state index in [1.165, 1.54) is 31.3 Å². The maximum absolute atomic E-state index is 13.8.